The smallest absolute Gasteiger partial charge is 0.251 e. The minimum absolute atomic E-state index is 0.225. The summed E-state index contributed by atoms with van der Waals surface area (Å²) in [6, 6.07) is 6.82. The van der Waals surface area contributed by atoms with Crippen molar-refractivity contribution in [1.29, 1.82) is 5.41 Å². The summed E-state index contributed by atoms with van der Waals surface area (Å²) < 4.78 is 5.49. The molecule has 0 aliphatic carbocycles. The SMILES string of the molecule is CCNc1nc(CC)c(CNC(=O)c2cccc(C=O)c2)c(NC2CCOCC2)c1C=N. The van der Waals surface area contributed by atoms with Crippen molar-refractivity contribution >= 4 is 29.9 Å². The van der Waals surface area contributed by atoms with Gasteiger partial charge in [0.05, 0.1) is 11.3 Å². The number of benzene rings is 1. The third kappa shape index (κ3) is 5.50. The molecule has 0 atom stereocenters. The summed E-state index contributed by atoms with van der Waals surface area (Å²) in [7, 11) is 0. The molecular formula is C24H31N5O3. The van der Waals surface area contributed by atoms with Crippen LogP contribution in [0.25, 0.3) is 0 Å². The second kappa shape index (κ2) is 11.4. The van der Waals surface area contributed by atoms with Crippen LogP contribution in [0.4, 0.5) is 11.5 Å². The van der Waals surface area contributed by atoms with Gasteiger partial charge in [-0.1, -0.05) is 19.1 Å². The zero-order valence-electron chi connectivity index (χ0n) is 18.7. The molecule has 0 unspecified atom stereocenters. The number of anilines is 2. The van der Waals surface area contributed by atoms with Gasteiger partial charge in [0.15, 0.2) is 0 Å². The maximum absolute atomic E-state index is 12.8. The normalized spacial score (nSPS) is 13.9. The molecule has 1 aromatic heterocycles. The Balaban J connectivity index is 1.94. The van der Waals surface area contributed by atoms with Crippen molar-refractivity contribution in [1.82, 2.24) is 10.3 Å². The monoisotopic (exact) mass is 437 g/mol. The number of nitrogens with zero attached hydrogens (tertiary/aromatic N) is 1. The van der Waals surface area contributed by atoms with E-state index in [2.05, 4.69) is 16.0 Å². The summed E-state index contributed by atoms with van der Waals surface area (Å²) in [4.78, 5) is 28.6. The zero-order valence-corrected chi connectivity index (χ0v) is 18.7. The van der Waals surface area contributed by atoms with Gasteiger partial charge in [0.25, 0.3) is 5.91 Å². The second-order valence-electron chi connectivity index (χ2n) is 7.66. The number of nitrogens with one attached hydrogen (secondary N) is 4. The average molecular weight is 438 g/mol. The molecule has 8 heteroatoms. The van der Waals surface area contributed by atoms with Crippen LogP contribution >= 0.6 is 0 Å². The van der Waals surface area contributed by atoms with Crippen molar-refractivity contribution in [3.63, 3.8) is 0 Å². The number of rotatable bonds is 10. The molecule has 1 amide bonds. The van der Waals surface area contributed by atoms with Gasteiger partial charge in [0, 0.05) is 60.9 Å². The van der Waals surface area contributed by atoms with Crippen LogP contribution in [0.1, 0.15) is 64.2 Å². The highest BCUT2D eigenvalue weighted by Crippen LogP contribution is 2.30. The van der Waals surface area contributed by atoms with Crippen LogP contribution in [0.15, 0.2) is 24.3 Å². The zero-order chi connectivity index (χ0) is 22.9. The van der Waals surface area contributed by atoms with Gasteiger partial charge in [-0.2, -0.15) is 0 Å². The molecule has 170 valence electrons. The number of carbonyl (C=O) groups excluding carboxylic acids is 2. The first-order valence-corrected chi connectivity index (χ1v) is 11.1. The number of carbonyl (C=O) groups is 2. The number of ether oxygens (including phenoxy) is 1. The summed E-state index contributed by atoms with van der Waals surface area (Å²) in [5.74, 6) is 0.405. The van der Waals surface area contributed by atoms with Gasteiger partial charge in [-0.15, -0.1) is 0 Å². The van der Waals surface area contributed by atoms with Crippen molar-refractivity contribution in [2.45, 2.75) is 45.7 Å². The largest absolute Gasteiger partial charge is 0.381 e. The highest BCUT2D eigenvalue weighted by atomic mass is 16.5. The molecule has 1 aliphatic heterocycles. The first kappa shape index (κ1) is 23.4. The van der Waals surface area contributed by atoms with Gasteiger partial charge in [-0.25, -0.2) is 4.98 Å². The Labute approximate surface area is 188 Å². The van der Waals surface area contributed by atoms with Crippen molar-refractivity contribution in [3.8, 4) is 0 Å². The van der Waals surface area contributed by atoms with Crippen LogP contribution in [0.2, 0.25) is 0 Å². The number of hydrogen-bond acceptors (Lipinski definition) is 7. The van der Waals surface area contributed by atoms with E-state index in [-0.39, 0.29) is 18.5 Å². The maximum Gasteiger partial charge on any atom is 0.251 e. The number of aldehydes is 1. The van der Waals surface area contributed by atoms with Crippen molar-refractivity contribution < 1.29 is 14.3 Å². The first-order chi connectivity index (χ1) is 15.6. The topological polar surface area (TPSA) is 116 Å². The number of aryl methyl sites for hydroxylation is 1. The van der Waals surface area contributed by atoms with Crippen LogP contribution in [0, 0.1) is 5.41 Å². The lowest BCUT2D eigenvalue weighted by Crippen LogP contribution is -2.31. The molecule has 0 saturated carbocycles. The molecule has 32 heavy (non-hydrogen) atoms. The van der Waals surface area contributed by atoms with Gasteiger partial charge in [-0.3, -0.25) is 9.59 Å². The Morgan fingerprint density at radius 3 is 2.72 bits per heavy atom. The molecule has 8 nitrogen and oxygen atoms in total. The van der Waals surface area contributed by atoms with E-state index in [0.717, 1.165) is 36.1 Å². The number of aromatic nitrogens is 1. The van der Waals surface area contributed by atoms with Crippen molar-refractivity contribution in [2.75, 3.05) is 30.4 Å². The summed E-state index contributed by atoms with van der Waals surface area (Å²) in [5, 5.41) is 17.9. The van der Waals surface area contributed by atoms with Crippen LogP contribution < -0.4 is 16.0 Å². The van der Waals surface area contributed by atoms with E-state index in [1.165, 1.54) is 6.21 Å². The third-order valence-electron chi connectivity index (χ3n) is 5.53. The molecule has 2 heterocycles. The van der Waals surface area contributed by atoms with Gasteiger partial charge in [-0.05, 0) is 38.3 Å². The highest BCUT2D eigenvalue weighted by molar-refractivity contribution is 5.96. The van der Waals surface area contributed by atoms with Crippen LogP contribution in [-0.2, 0) is 17.7 Å². The minimum atomic E-state index is -0.264. The molecule has 3 rings (SSSR count). The molecule has 2 aromatic rings. The van der Waals surface area contributed by atoms with E-state index >= 15 is 0 Å². The number of hydrogen-bond donors (Lipinski definition) is 4. The minimum Gasteiger partial charge on any atom is -0.381 e. The quantitative estimate of drug-likeness (QED) is 0.334. The van der Waals surface area contributed by atoms with E-state index in [9.17, 15) is 9.59 Å². The van der Waals surface area contributed by atoms with E-state index in [1.807, 2.05) is 13.8 Å². The molecular weight excluding hydrogens is 406 g/mol. The predicted octanol–water partition coefficient (Wildman–Crippen LogP) is 3.41. The highest BCUT2D eigenvalue weighted by Gasteiger charge is 2.22. The number of amides is 1. The van der Waals surface area contributed by atoms with E-state index in [1.54, 1.807) is 24.3 Å². The summed E-state index contributed by atoms with van der Waals surface area (Å²) in [5.41, 5.74) is 4.13. The molecule has 1 aromatic carbocycles. The Morgan fingerprint density at radius 2 is 2.06 bits per heavy atom. The molecule has 0 radical (unpaired) electrons. The molecule has 0 spiro atoms. The lowest BCUT2D eigenvalue weighted by atomic mass is 10.0. The molecule has 1 fully saturated rings. The fourth-order valence-corrected chi connectivity index (χ4v) is 3.85. The standard InChI is InChI=1S/C24H31N5O3/c1-3-21-20(14-27-24(31)17-7-5-6-16(12-17)15-30)22(28-18-8-10-32-11-9-18)19(13-25)23(29-21)26-4-2/h5-7,12-13,15,18,25H,3-4,8-11,14H2,1-2H3,(H,27,31)(H2,26,28,29). The van der Waals surface area contributed by atoms with Crippen LogP contribution in [-0.4, -0.2) is 49.2 Å². The van der Waals surface area contributed by atoms with Crippen molar-refractivity contribution in [3.05, 3.63) is 52.2 Å². The van der Waals surface area contributed by atoms with Crippen LogP contribution in [0.3, 0.4) is 0 Å². The maximum atomic E-state index is 12.8. The summed E-state index contributed by atoms with van der Waals surface area (Å²) in [6.45, 7) is 6.37. The Hall–Kier alpha value is -3.26. The Kier molecular flexibility index (Phi) is 8.33. The molecule has 1 aliphatic rings. The lowest BCUT2D eigenvalue weighted by Gasteiger charge is -2.28. The third-order valence-corrected chi connectivity index (χ3v) is 5.53. The molecule has 0 bridgehead atoms. The fourth-order valence-electron chi connectivity index (χ4n) is 3.85. The van der Waals surface area contributed by atoms with Crippen molar-refractivity contribution in [2.24, 2.45) is 0 Å². The number of pyridine rings is 1. The summed E-state index contributed by atoms with van der Waals surface area (Å²) in [6.07, 6.45) is 4.47. The lowest BCUT2D eigenvalue weighted by molar-refractivity contribution is 0.0904. The first-order valence-electron chi connectivity index (χ1n) is 11.1. The van der Waals surface area contributed by atoms with Gasteiger partial charge in [0.1, 0.15) is 12.1 Å². The summed E-state index contributed by atoms with van der Waals surface area (Å²) >= 11 is 0. The Morgan fingerprint density at radius 1 is 1.28 bits per heavy atom. The van der Waals surface area contributed by atoms with E-state index in [0.29, 0.717) is 48.7 Å². The van der Waals surface area contributed by atoms with E-state index < -0.39 is 0 Å². The Bertz CT molecular complexity index is 970. The second-order valence-corrected chi connectivity index (χ2v) is 7.66. The molecule has 1 saturated heterocycles. The predicted molar refractivity (Wildman–Crippen MR) is 126 cm³/mol. The average Bonchev–Trinajstić information content (AvgIpc) is 2.83. The van der Waals surface area contributed by atoms with Crippen LogP contribution in [0.5, 0.6) is 0 Å². The van der Waals surface area contributed by atoms with E-state index in [4.69, 9.17) is 15.1 Å². The molecule has 4 N–H and O–H groups in total. The van der Waals surface area contributed by atoms with Gasteiger partial charge in [0.2, 0.25) is 0 Å². The van der Waals surface area contributed by atoms with Gasteiger partial charge >= 0.3 is 0 Å². The van der Waals surface area contributed by atoms with Gasteiger partial charge < -0.3 is 26.1 Å². The fraction of sp³-hybridized carbons (Fsp3) is 0.417.